The maximum Gasteiger partial charge on any atom is 0.303 e. The third-order valence-electron chi connectivity index (χ3n) is 2.67. The molecule has 0 aliphatic rings. The third kappa shape index (κ3) is 6.36. The van der Waals surface area contributed by atoms with E-state index in [0.717, 1.165) is 0 Å². The van der Waals surface area contributed by atoms with Gasteiger partial charge in [0.1, 0.15) is 0 Å². The second kappa shape index (κ2) is 8.06. The van der Waals surface area contributed by atoms with Crippen molar-refractivity contribution in [2.45, 2.75) is 25.7 Å². The molecule has 6 N–H and O–H groups in total. The molecule has 0 aliphatic heterocycles. The Kier molecular flexibility index (Phi) is 7.49. The number of nitrogens with two attached hydrogens (primary N) is 2. The van der Waals surface area contributed by atoms with Crippen LogP contribution in [0.1, 0.15) is 25.7 Å². The molecule has 0 aromatic heterocycles. The van der Waals surface area contributed by atoms with E-state index in [1.807, 2.05) is 0 Å². The number of hydrogen-bond acceptors (Lipinski definition) is 4. The molecule has 0 bridgehead atoms. The molecule has 0 amide bonds. The van der Waals surface area contributed by atoms with Crippen LogP contribution in [0.2, 0.25) is 0 Å². The largest absolute Gasteiger partial charge is 0.481 e. The topological polar surface area (TPSA) is 127 Å². The van der Waals surface area contributed by atoms with Gasteiger partial charge in [-0.25, -0.2) is 0 Å². The zero-order valence-corrected chi connectivity index (χ0v) is 9.26. The van der Waals surface area contributed by atoms with Gasteiger partial charge in [-0.15, -0.1) is 0 Å². The van der Waals surface area contributed by atoms with Gasteiger partial charge in [0.25, 0.3) is 0 Å². The van der Waals surface area contributed by atoms with Gasteiger partial charge in [0.05, 0.1) is 0 Å². The number of carboxylic acid groups (broad SMARTS) is 2. The lowest BCUT2D eigenvalue weighted by atomic mass is 9.83. The van der Waals surface area contributed by atoms with Gasteiger partial charge in [0.2, 0.25) is 0 Å². The lowest BCUT2D eigenvalue weighted by Gasteiger charge is -2.23. The lowest BCUT2D eigenvalue weighted by molar-refractivity contribution is -0.138. The second-order valence-electron chi connectivity index (χ2n) is 3.86. The summed E-state index contributed by atoms with van der Waals surface area (Å²) in [6, 6.07) is 0. The highest BCUT2D eigenvalue weighted by Gasteiger charge is 2.22. The van der Waals surface area contributed by atoms with Crippen LogP contribution in [-0.4, -0.2) is 35.2 Å². The van der Waals surface area contributed by atoms with E-state index in [2.05, 4.69) is 0 Å². The molecule has 0 aromatic carbocycles. The van der Waals surface area contributed by atoms with Crippen LogP contribution in [-0.2, 0) is 9.59 Å². The minimum absolute atomic E-state index is 0.00130. The van der Waals surface area contributed by atoms with Crippen molar-refractivity contribution < 1.29 is 19.8 Å². The molecule has 2 atom stereocenters. The Bertz CT molecular complexity index is 233. The molecule has 0 radical (unpaired) electrons. The maximum absolute atomic E-state index is 10.6. The average Bonchev–Trinajstić information content (AvgIpc) is 2.17. The predicted octanol–water partition coefficient (Wildman–Crippen LogP) is -0.134. The first-order valence-electron chi connectivity index (χ1n) is 5.35. The van der Waals surface area contributed by atoms with Crippen molar-refractivity contribution in [2.24, 2.45) is 23.3 Å². The summed E-state index contributed by atoms with van der Waals surface area (Å²) in [7, 11) is 0. The van der Waals surface area contributed by atoms with E-state index in [1.54, 1.807) is 0 Å². The summed E-state index contributed by atoms with van der Waals surface area (Å²) < 4.78 is 0. The second-order valence-corrected chi connectivity index (χ2v) is 3.86. The van der Waals surface area contributed by atoms with E-state index in [4.69, 9.17) is 21.7 Å². The predicted molar refractivity (Wildman–Crippen MR) is 58.8 cm³/mol. The number of rotatable bonds is 9. The van der Waals surface area contributed by atoms with Crippen LogP contribution in [0.25, 0.3) is 0 Å². The number of carbonyl (C=O) groups is 2. The quantitative estimate of drug-likeness (QED) is 0.438. The molecule has 0 aliphatic carbocycles. The smallest absolute Gasteiger partial charge is 0.303 e. The van der Waals surface area contributed by atoms with Crippen LogP contribution in [0.3, 0.4) is 0 Å². The minimum Gasteiger partial charge on any atom is -0.481 e. The first kappa shape index (κ1) is 14.9. The van der Waals surface area contributed by atoms with Crippen LogP contribution in [0.4, 0.5) is 0 Å². The molecule has 6 nitrogen and oxygen atoms in total. The Labute approximate surface area is 94.6 Å². The van der Waals surface area contributed by atoms with Gasteiger partial charge < -0.3 is 21.7 Å². The molecule has 0 heterocycles. The van der Waals surface area contributed by atoms with Crippen LogP contribution < -0.4 is 11.5 Å². The Morgan fingerprint density at radius 1 is 1.00 bits per heavy atom. The van der Waals surface area contributed by atoms with Gasteiger partial charge in [0.15, 0.2) is 0 Å². The molecule has 0 saturated carbocycles. The van der Waals surface area contributed by atoms with E-state index >= 15 is 0 Å². The van der Waals surface area contributed by atoms with Crippen molar-refractivity contribution in [3.05, 3.63) is 0 Å². The van der Waals surface area contributed by atoms with Gasteiger partial charge in [0, 0.05) is 12.8 Å². The molecule has 6 heteroatoms. The average molecular weight is 232 g/mol. The Morgan fingerprint density at radius 2 is 1.62 bits per heavy atom. The van der Waals surface area contributed by atoms with E-state index in [9.17, 15) is 9.59 Å². The molecule has 0 aromatic rings. The highest BCUT2D eigenvalue weighted by Crippen LogP contribution is 2.23. The summed E-state index contributed by atoms with van der Waals surface area (Å²) in [5, 5.41) is 17.3. The number of aliphatic carboxylic acids is 2. The fraction of sp³-hybridized carbons (Fsp3) is 0.800. The fourth-order valence-electron chi connectivity index (χ4n) is 1.80. The van der Waals surface area contributed by atoms with Crippen molar-refractivity contribution in [1.82, 2.24) is 0 Å². The Morgan fingerprint density at radius 3 is 2.00 bits per heavy atom. The molecule has 0 saturated heterocycles. The van der Waals surface area contributed by atoms with Gasteiger partial charge in [-0.3, -0.25) is 9.59 Å². The van der Waals surface area contributed by atoms with E-state index in [1.165, 1.54) is 0 Å². The van der Waals surface area contributed by atoms with E-state index in [0.29, 0.717) is 25.9 Å². The zero-order chi connectivity index (χ0) is 12.6. The minimum atomic E-state index is -0.896. The summed E-state index contributed by atoms with van der Waals surface area (Å²) >= 11 is 0. The standard InChI is InChI=1S/C10H20N2O4/c11-4-3-7(5-10(15)16)8(6-12)1-2-9(13)14/h7-8H,1-6,11-12H2,(H,13,14)(H,15,16)/t7-,8+/m0/s1. The molecule has 94 valence electrons. The zero-order valence-electron chi connectivity index (χ0n) is 9.26. The van der Waals surface area contributed by atoms with Gasteiger partial charge in [-0.05, 0) is 37.8 Å². The van der Waals surface area contributed by atoms with E-state index < -0.39 is 11.9 Å². The Hall–Kier alpha value is -1.14. The normalized spacial score (nSPS) is 14.4. The van der Waals surface area contributed by atoms with Crippen LogP contribution in [0, 0.1) is 11.8 Å². The molecule has 0 fully saturated rings. The maximum atomic E-state index is 10.6. The van der Waals surface area contributed by atoms with Gasteiger partial charge >= 0.3 is 11.9 Å². The molecule has 0 rings (SSSR count). The molecular formula is C10H20N2O4. The first-order valence-corrected chi connectivity index (χ1v) is 5.35. The summed E-state index contributed by atoms with van der Waals surface area (Å²) in [6.07, 6.45) is 0.985. The molecular weight excluding hydrogens is 212 g/mol. The fourth-order valence-corrected chi connectivity index (χ4v) is 1.80. The summed E-state index contributed by atoms with van der Waals surface area (Å²) in [5.74, 6) is -2.00. The van der Waals surface area contributed by atoms with Crippen molar-refractivity contribution in [3.8, 4) is 0 Å². The lowest BCUT2D eigenvalue weighted by Crippen LogP contribution is -2.28. The highest BCUT2D eigenvalue weighted by atomic mass is 16.4. The Balaban J connectivity index is 4.31. The van der Waals surface area contributed by atoms with E-state index in [-0.39, 0.29) is 24.7 Å². The van der Waals surface area contributed by atoms with Crippen molar-refractivity contribution in [3.63, 3.8) is 0 Å². The summed E-state index contributed by atoms with van der Waals surface area (Å²) in [5.41, 5.74) is 10.9. The van der Waals surface area contributed by atoms with Gasteiger partial charge in [-0.2, -0.15) is 0 Å². The van der Waals surface area contributed by atoms with Crippen molar-refractivity contribution in [2.75, 3.05) is 13.1 Å². The van der Waals surface area contributed by atoms with Crippen LogP contribution in [0.15, 0.2) is 0 Å². The third-order valence-corrected chi connectivity index (χ3v) is 2.67. The summed E-state index contributed by atoms with van der Waals surface area (Å²) in [4.78, 5) is 21.1. The number of hydrogen-bond donors (Lipinski definition) is 4. The van der Waals surface area contributed by atoms with Crippen LogP contribution in [0.5, 0.6) is 0 Å². The van der Waals surface area contributed by atoms with Crippen molar-refractivity contribution >= 4 is 11.9 Å². The monoisotopic (exact) mass is 232 g/mol. The highest BCUT2D eigenvalue weighted by molar-refractivity contribution is 5.67. The van der Waals surface area contributed by atoms with Crippen molar-refractivity contribution in [1.29, 1.82) is 0 Å². The molecule has 0 spiro atoms. The summed E-state index contributed by atoms with van der Waals surface area (Å²) in [6.45, 7) is 0.687. The number of carboxylic acids is 2. The first-order chi connectivity index (χ1) is 7.51. The molecule has 16 heavy (non-hydrogen) atoms. The van der Waals surface area contributed by atoms with Gasteiger partial charge in [-0.1, -0.05) is 0 Å². The molecule has 0 unspecified atom stereocenters. The van der Waals surface area contributed by atoms with Crippen LogP contribution >= 0.6 is 0 Å². The SMILES string of the molecule is NCC[C@@H](CC(=O)O)[C@@H](CN)CCC(=O)O.